The van der Waals surface area contributed by atoms with E-state index in [9.17, 15) is 9.90 Å². The van der Waals surface area contributed by atoms with Gasteiger partial charge in [-0.15, -0.1) is 0 Å². The molecule has 0 fully saturated rings. The van der Waals surface area contributed by atoms with Crippen LogP contribution in [0.1, 0.15) is 37.6 Å². The number of carbonyl (C=O) groups excluding carboxylic acids is 1. The molecule has 106 valence electrons. The average molecular weight is 265 g/mol. The van der Waals surface area contributed by atoms with Crippen LogP contribution in [0.25, 0.3) is 0 Å². The summed E-state index contributed by atoms with van der Waals surface area (Å²) in [6.45, 7) is 6.75. The van der Waals surface area contributed by atoms with E-state index >= 15 is 0 Å². The summed E-state index contributed by atoms with van der Waals surface area (Å²) in [6, 6.07) is 7.07. The molecule has 0 bridgehead atoms. The largest absolute Gasteiger partial charge is 0.494 e. The van der Waals surface area contributed by atoms with E-state index in [0.29, 0.717) is 17.9 Å². The first-order valence-corrected chi connectivity index (χ1v) is 6.73. The van der Waals surface area contributed by atoms with E-state index in [1.807, 2.05) is 26.8 Å². The van der Waals surface area contributed by atoms with Crippen molar-refractivity contribution < 1.29 is 14.6 Å². The van der Waals surface area contributed by atoms with Crippen molar-refractivity contribution in [2.45, 2.75) is 33.3 Å². The summed E-state index contributed by atoms with van der Waals surface area (Å²) < 4.78 is 5.48. The fourth-order valence-electron chi connectivity index (χ4n) is 1.48. The van der Waals surface area contributed by atoms with E-state index in [1.165, 1.54) is 0 Å². The molecule has 0 heterocycles. The average Bonchev–Trinajstić information content (AvgIpc) is 2.42. The SMILES string of the molecule is CCCOc1cccc(C(=O)NCC(O)C(C)C)c1. The van der Waals surface area contributed by atoms with Crippen molar-refractivity contribution in [3.05, 3.63) is 29.8 Å². The molecular formula is C15H23NO3. The number of hydrogen-bond donors (Lipinski definition) is 2. The molecule has 1 atom stereocenters. The van der Waals surface area contributed by atoms with Crippen LogP contribution in [0.4, 0.5) is 0 Å². The molecule has 4 heteroatoms. The van der Waals surface area contributed by atoms with E-state index in [4.69, 9.17) is 4.74 Å². The number of aliphatic hydroxyl groups is 1. The summed E-state index contributed by atoms with van der Waals surface area (Å²) >= 11 is 0. The standard InChI is InChI=1S/C15H23NO3/c1-4-8-19-13-7-5-6-12(9-13)15(18)16-10-14(17)11(2)3/h5-7,9,11,14,17H,4,8,10H2,1-3H3,(H,16,18). The minimum atomic E-state index is -0.525. The van der Waals surface area contributed by atoms with E-state index < -0.39 is 6.10 Å². The second-order valence-electron chi connectivity index (χ2n) is 4.90. The zero-order chi connectivity index (χ0) is 14.3. The van der Waals surface area contributed by atoms with E-state index in [1.54, 1.807) is 18.2 Å². The molecule has 0 spiro atoms. The molecule has 0 aromatic heterocycles. The second kappa shape index (κ2) is 7.79. The molecule has 0 aliphatic carbocycles. The summed E-state index contributed by atoms with van der Waals surface area (Å²) in [6.07, 6.45) is 0.403. The van der Waals surface area contributed by atoms with Crippen LogP contribution in [-0.2, 0) is 0 Å². The van der Waals surface area contributed by atoms with Crippen molar-refractivity contribution >= 4 is 5.91 Å². The van der Waals surface area contributed by atoms with Gasteiger partial charge in [-0.1, -0.05) is 26.8 Å². The monoisotopic (exact) mass is 265 g/mol. The van der Waals surface area contributed by atoms with Crippen LogP contribution in [0.5, 0.6) is 5.75 Å². The molecule has 0 aliphatic heterocycles. The zero-order valence-electron chi connectivity index (χ0n) is 11.8. The number of nitrogens with one attached hydrogen (secondary N) is 1. The number of ether oxygens (including phenoxy) is 1. The van der Waals surface area contributed by atoms with Gasteiger partial charge in [-0.25, -0.2) is 0 Å². The van der Waals surface area contributed by atoms with Crippen LogP contribution in [0.2, 0.25) is 0 Å². The Kier molecular flexibility index (Phi) is 6.36. The molecular weight excluding hydrogens is 242 g/mol. The molecule has 1 aromatic carbocycles. The third-order valence-electron chi connectivity index (χ3n) is 2.81. The Morgan fingerprint density at radius 1 is 1.42 bits per heavy atom. The van der Waals surface area contributed by atoms with Gasteiger partial charge >= 0.3 is 0 Å². The van der Waals surface area contributed by atoms with Gasteiger partial charge in [0.2, 0.25) is 0 Å². The lowest BCUT2D eigenvalue weighted by atomic mass is 10.1. The van der Waals surface area contributed by atoms with Gasteiger partial charge in [0.05, 0.1) is 12.7 Å². The molecule has 1 aromatic rings. The molecule has 0 saturated carbocycles. The van der Waals surface area contributed by atoms with Gasteiger partial charge in [-0.2, -0.15) is 0 Å². The third kappa shape index (κ3) is 5.30. The van der Waals surface area contributed by atoms with Crippen LogP contribution in [-0.4, -0.2) is 30.3 Å². The summed E-state index contributed by atoms with van der Waals surface area (Å²) in [5.74, 6) is 0.625. The van der Waals surface area contributed by atoms with Crippen molar-refractivity contribution in [2.24, 2.45) is 5.92 Å². The molecule has 1 amide bonds. The Hall–Kier alpha value is -1.55. The van der Waals surface area contributed by atoms with Crippen molar-refractivity contribution in [2.75, 3.05) is 13.2 Å². The first kappa shape index (κ1) is 15.5. The topological polar surface area (TPSA) is 58.6 Å². The molecule has 1 unspecified atom stereocenters. The third-order valence-corrected chi connectivity index (χ3v) is 2.81. The van der Waals surface area contributed by atoms with Crippen LogP contribution >= 0.6 is 0 Å². The van der Waals surface area contributed by atoms with Crippen molar-refractivity contribution in [3.63, 3.8) is 0 Å². The molecule has 0 radical (unpaired) electrons. The summed E-state index contributed by atoms with van der Waals surface area (Å²) in [7, 11) is 0. The summed E-state index contributed by atoms with van der Waals surface area (Å²) in [5.41, 5.74) is 0.546. The maximum Gasteiger partial charge on any atom is 0.251 e. The van der Waals surface area contributed by atoms with Gasteiger partial charge in [-0.3, -0.25) is 4.79 Å². The van der Waals surface area contributed by atoms with Gasteiger partial charge in [0, 0.05) is 12.1 Å². The van der Waals surface area contributed by atoms with Crippen LogP contribution in [0.15, 0.2) is 24.3 Å². The second-order valence-corrected chi connectivity index (χ2v) is 4.90. The highest BCUT2D eigenvalue weighted by Gasteiger charge is 2.12. The number of hydrogen-bond acceptors (Lipinski definition) is 3. The highest BCUT2D eigenvalue weighted by molar-refractivity contribution is 5.94. The van der Waals surface area contributed by atoms with Gasteiger partial charge in [0.15, 0.2) is 0 Å². The number of rotatable bonds is 7. The minimum Gasteiger partial charge on any atom is -0.494 e. The van der Waals surface area contributed by atoms with E-state index in [-0.39, 0.29) is 18.4 Å². The van der Waals surface area contributed by atoms with Crippen molar-refractivity contribution in [1.29, 1.82) is 0 Å². The normalized spacial score (nSPS) is 12.3. The molecule has 4 nitrogen and oxygen atoms in total. The fourth-order valence-corrected chi connectivity index (χ4v) is 1.48. The predicted molar refractivity (Wildman–Crippen MR) is 75.4 cm³/mol. The lowest BCUT2D eigenvalue weighted by Gasteiger charge is -2.15. The Labute approximate surface area is 114 Å². The van der Waals surface area contributed by atoms with Gasteiger partial charge in [-0.05, 0) is 30.5 Å². The Morgan fingerprint density at radius 3 is 2.79 bits per heavy atom. The molecule has 0 saturated heterocycles. The highest BCUT2D eigenvalue weighted by Crippen LogP contribution is 2.13. The zero-order valence-corrected chi connectivity index (χ0v) is 11.8. The minimum absolute atomic E-state index is 0.125. The fraction of sp³-hybridized carbons (Fsp3) is 0.533. The molecule has 2 N–H and O–H groups in total. The number of carbonyl (C=O) groups is 1. The quantitative estimate of drug-likeness (QED) is 0.794. The summed E-state index contributed by atoms with van der Waals surface area (Å²) in [5, 5.41) is 12.4. The van der Waals surface area contributed by atoms with Gasteiger partial charge in [0.1, 0.15) is 5.75 Å². The van der Waals surface area contributed by atoms with Crippen LogP contribution in [0, 0.1) is 5.92 Å². The molecule has 19 heavy (non-hydrogen) atoms. The van der Waals surface area contributed by atoms with Crippen molar-refractivity contribution in [3.8, 4) is 5.75 Å². The maximum absolute atomic E-state index is 11.9. The van der Waals surface area contributed by atoms with Gasteiger partial charge in [0.25, 0.3) is 5.91 Å². The van der Waals surface area contributed by atoms with Gasteiger partial charge < -0.3 is 15.2 Å². The molecule has 0 aliphatic rings. The predicted octanol–water partition coefficient (Wildman–Crippen LogP) is 2.22. The number of benzene rings is 1. The Bertz CT molecular complexity index is 404. The first-order valence-electron chi connectivity index (χ1n) is 6.73. The summed E-state index contributed by atoms with van der Waals surface area (Å²) in [4.78, 5) is 11.9. The number of aliphatic hydroxyl groups excluding tert-OH is 1. The van der Waals surface area contributed by atoms with E-state index in [2.05, 4.69) is 5.32 Å². The Balaban J connectivity index is 2.56. The molecule has 1 rings (SSSR count). The Morgan fingerprint density at radius 2 is 2.16 bits per heavy atom. The lowest BCUT2D eigenvalue weighted by molar-refractivity contribution is 0.0871. The maximum atomic E-state index is 11.9. The van der Waals surface area contributed by atoms with Crippen molar-refractivity contribution in [1.82, 2.24) is 5.32 Å². The van der Waals surface area contributed by atoms with E-state index in [0.717, 1.165) is 6.42 Å². The lowest BCUT2D eigenvalue weighted by Crippen LogP contribution is -2.34. The first-order chi connectivity index (χ1) is 9.04. The van der Waals surface area contributed by atoms with Crippen LogP contribution < -0.4 is 10.1 Å². The smallest absolute Gasteiger partial charge is 0.251 e. The van der Waals surface area contributed by atoms with Crippen LogP contribution in [0.3, 0.4) is 0 Å². The highest BCUT2D eigenvalue weighted by atomic mass is 16.5. The number of amides is 1.